The van der Waals surface area contributed by atoms with Crippen molar-refractivity contribution in [2.45, 2.75) is 32.2 Å². The average molecular weight is 187 g/mol. The summed E-state index contributed by atoms with van der Waals surface area (Å²) in [6.45, 7) is 4.31. The van der Waals surface area contributed by atoms with E-state index in [0.717, 1.165) is 6.42 Å². The molecule has 74 valence electrons. The van der Waals surface area contributed by atoms with Gasteiger partial charge in [0.15, 0.2) is 0 Å². The molecule has 0 spiro atoms. The predicted octanol–water partition coefficient (Wildman–Crippen LogP) is 2.62. The van der Waals surface area contributed by atoms with Crippen molar-refractivity contribution in [2.24, 2.45) is 5.73 Å². The fraction of sp³-hybridized carbons (Fsp3) is 0.385. The lowest BCUT2D eigenvalue weighted by molar-refractivity contribution is 0.721. The Morgan fingerprint density at radius 2 is 2.07 bits per heavy atom. The molecule has 1 aromatic carbocycles. The van der Waals surface area contributed by atoms with Crippen LogP contribution in [0.15, 0.2) is 35.9 Å². The monoisotopic (exact) mass is 187 g/mol. The summed E-state index contributed by atoms with van der Waals surface area (Å²) in [5, 5.41) is 0. The Hall–Kier alpha value is -1.08. The Kier molecular flexibility index (Phi) is 2.42. The molecule has 2 rings (SSSR count). The number of rotatable bonds is 1. The van der Waals surface area contributed by atoms with Gasteiger partial charge in [-0.1, -0.05) is 42.8 Å². The van der Waals surface area contributed by atoms with Crippen LogP contribution in [0, 0.1) is 0 Å². The number of nitrogens with two attached hydrogens (primary N) is 1. The minimum atomic E-state index is 0.179. The molecule has 2 unspecified atom stereocenters. The molecule has 1 heteroatoms. The zero-order chi connectivity index (χ0) is 10.1. The first kappa shape index (κ1) is 9.47. The topological polar surface area (TPSA) is 26.0 Å². The van der Waals surface area contributed by atoms with E-state index in [4.69, 9.17) is 5.73 Å². The molecule has 0 aromatic heterocycles. The highest BCUT2D eigenvalue weighted by Gasteiger charge is 2.20. The molecule has 0 bridgehead atoms. The molecule has 1 aromatic rings. The average Bonchev–Trinajstić information content (AvgIpc) is 2.18. The van der Waals surface area contributed by atoms with E-state index in [0.29, 0.717) is 5.92 Å². The Balaban J connectivity index is 2.39. The lowest BCUT2D eigenvalue weighted by Gasteiger charge is -2.26. The Bertz CT molecular complexity index is 363. The third-order valence-electron chi connectivity index (χ3n) is 3.11. The highest BCUT2D eigenvalue weighted by Crippen LogP contribution is 2.32. The second-order valence-corrected chi connectivity index (χ2v) is 4.12. The quantitative estimate of drug-likeness (QED) is 0.672. The molecular formula is C13H17N. The van der Waals surface area contributed by atoms with Gasteiger partial charge in [-0.05, 0) is 24.5 Å². The number of allylic oxidation sites excluding steroid dienone is 1. The fourth-order valence-electron chi connectivity index (χ4n) is 2.31. The summed E-state index contributed by atoms with van der Waals surface area (Å²) in [6, 6.07) is 8.82. The van der Waals surface area contributed by atoms with Crippen molar-refractivity contribution in [3.8, 4) is 0 Å². The normalized spacial score (nSPS) is 22.5. The molecule has 0 saturated heterocycles. The predicted molar refractivity (Wildman–Crippen MR) is 60.3 cm³/mol. The molecule has 0 aliphatic heterocycles. The van der Waals surface area contributed by atoms with Crippen LogP contribution in [0.2, 0.25) is 0 Å². The molecule has 2 atom stereocenters. The summed E-state index contributed by atoms with van der Waals surface area (Å²) >= 11 is 0. The van der Waals surface area contributed by atoms with Gasteiger partial charge in [-0.25, -0.2) is 0 Å². The Labute approximate surface area is 85.6 Å². The number of fused-ring (bicyclic) bond motifs is 1. The highest BCUT2D eigenvalue weighted by molar-refractivity contribution is 5.42. The van der Waals surface area contributed by atoms with Gasteiger partial charge < -0.3 is 5.73 Å². The first-order valence-corrected chi connectivity index (χ1v) is 5.23. The Morgan fingerprint density at radius 3 is 2.79 bits per heavy atom. The summed E-state index contributed by atoms with van der Waals surface area (Å²) in [6.07, 6.45) is 3.33. The molecule has 0 saturated carbocycles. The maximum atomic E-state index is 5.95. The van der Waals surface area contributed by atoms with Gasteiger partial charge in [0.25, 0.3) is 0 Å². The summed E-state index contributed by atoms with van der Waals surface area (Å²) in [5.41, 5.74) is 10.2. The Morgan fingerprint density at radius 1 is 1.36 bits per heavy atom. The van der Waals surface area contributed by atoms with E-state index < -0.39 is 0 Å². The van der Waals surface area contributed by atoms with Crippen molar-refractivity contribution in [3.63, 3.8) is 0 Å². The SMILES string of the molecule is CC(N)C1=CCc2ccccc2C1C. The van der Waals surface area contributed by atoms with E-state index in [2.05, 4.69) is 44.2 Å². The van der Waals surface area contributed by atoms with Crippen molar-refractivity contribution >= 4 is 0 Å². The summed E-state index contributed by atoms with van der Waals surface area (Å²) in [7, 11) is 0. The van der Waals surface area contributed by atoms with Crippen LogP contribution in [0.3, 0.4) is 0 Å². The summed E-state index contributed by atoms with van der Waals surface area (Å²) < 4.78 is 0. The van der Waals surface area contributed by atoms with E-state index >= 15 is 0 Å². The molecule has 1 nitrogen and oxygen atoms in total. The second kappa shape index (κ2) is 3.58. The smallest absolute Gasteiger partial charge is 0.0230 e. The largest absolute Gasteiger partial charge is 0.324 e. The van der Waals surface area contributed by atoms with Crippen LogP contribution in [0.5, 0.6) is 0 Å². The van der Waals surface area contributed by atoms with Crippen LogP contribution in [-0.2, 0) is 6.42 Å². The summed E-state index contributed by atoms with van der Waals surface area (Å²) in [5.74, 6) is 0.486. The van der Waals surface area contributed by atoms with Crippen LogP contribution < -0.4 is 5.73 Å². The molecule has 1 aliphatic carbocycles. The van der Waals surface area contributed by atoms with Crippen LogP contribution in [0.4, 0.5) is 0 Å². The van der Waals surface area contributed by atoms with Crippen molar-refractivity contribution in [2.75, 3.05) is 0 Å². The van der Waals surface area contributed by atoms with Gasteiger partial charge >= 0.3 is 0 Å². The van der Waals surface area contributed by atoms with Crippen LogP contribution >= 0.6 is 0 Å². The fourth-order valence-corrected chi connectivity index (χ4v) is 2.31. The molecular weight excluding hydrogens is 170 g/mol. The van der Waals surface area contributed by atoms with Gasteiger partial charge in [-0.15, -0.1) is 0 Å². The molecule has 2 N–H and O–H groups in total. The maximum absolute atomic E-state index is 5.95. The highest BCUT2D eigenvalue weighted by atomic mass is 14.6. The summed E-state index contributed by atoms with van der Waals surface area (Å²) in [4.78, 5) is 0. The van der Waals surface area contributed by atoms with Crippen molar-refractivity contribution < 1.29 is 0 Å². The van der Waals surface area contributed by atoms with Gasteiger partial charge in [0.05, 0.1) is 0 Å². The number of hydrogen-bond donors (Lipinski definition) is 1. The first-order chi connectivity index (χ1) is 6.70. The minimum Gasteiger partial charge on any atom is -0.324 e. The maximum Gasteiger partial charge on any atom is 0.0230 e. The zero-order valence-corrected chi connectivity index (χ0v) is 8.83. The van der Waals surface area contributed by atoms with Gasteiger partial charge in [0.1, 0.15) is 0 Å². The third-order valence-corrected chi connectivity index (χ3v) is 3.11. The minimum absolute atomic E-state index is 0.179. The second-order valence-electron chi connectivity index (χ2n) is 4.12. The van der Waals surface area contributed by atoms with Gasteiger partial charge in [0.2, 0.25) is 0 Å². The van der Waals surface area contributed by atoms with E-state index in [1.807, 2.05) is 0 Å². The lowest BCUT2D eigenvalue weighted by Crippen LogP contribution is -2.24. The van der Waals surface area contributed by atoms with E-state index in [-0.39, 0.29) is 6.04 Å². The van der Waals surface area contributed by atoms with E-state index in [1.54, 1.807) is 0 Å². The van der Waals surface area contributed by atoms with Gasteiger partial charge in [-0.3, -0.25) is 0 Å². The first-order valence-electron chi connectivity index (χ1n) is 5.23. The van der Waals surface area contributed by atoms with E-state index in [1.165, 1.54) is 16.7 Å². The standard InChI is InChI=1S/C13H17N/c1-9-12(10(2)14)8-7-11-5-3-4-6-13(9)11/h3-6,8-10H,7,14H2,1-2H3. The zero-order valence-electron chi connectivity index (χ0n) is 8.83. The molecule has 1 aliphatic rings. The molecule has 0 fully saturated rings. The number of benzene rings is 1. The molecule has 0 heterocycles. The van der Waals surface area contributed by atoms with Crippen molar-refractivity contribution in [3.05, 3.63) is 47.0 Å². The van der Waals surface area contributed by atoms with Crippen LogP contribution in [0.1, 0.15) is 30.9 Å². The van der Waals surface area contributed by atoms with Gasteiger partial charge in [-0.2, -0.15) is 0 Å². The molecule has 14 heavy (non-hydrogen) atoms. The molecule has 0 radical (unpaired) electrons. The molecule has 0 amide bonds. The van der Waals surface area contributed by atoms with Crippen molar-refractivity contribution in [1.82, 2.24) is 0 Å². The third kappa shape index (κ3) is 1.48. The lowest BCUT2D eigenvalue weighted by atomic mass is 9.81. The van der Waals surface area contributed by atoms with E-state index in [9.17, 15) is 0 Å². The van der Waals surface area contributed by atoms with Crippen molar-refractivity contribution in [1.29, 1.82) is 0 Å². The van der Waals surface area contributed by atoms with Gasteiger partial charge in [0, 0.05) is 12.0 Å². The number of hydrogen-bond acceptors (Lipinski definition) is 1. The van der Waals surface area contributed by atoms with Crippen LogP contribution in [-0.4, -0.2) is 6.04 Å². The van der Waals surface area contributed by atoms with Crippen LogP contribution in [0.25, 0.3) is 0 Å².